The fraction of sp³-hybridized carbons (Fsp3) is 0.565. The molecule has 1 aliphatic heterocycles. The summed E-state index contributed by atoms with van der Waals surface area (Å²) in [6, 6.07) is 10.8. The number of nitrogens with one attached hydrogen (secondary N) is 2. The maximum atomic E-state index is 10.8. The number of aliphatic hydroxyl groups excluding tert-OH is 1. The molecule has 1 saturated carbocycles. The number of benzene rings is 1. The van der Waals surface area contributed by atoms with Crippen molar-refractivity contribution in [1.29, 1.82) is 0 Å². The maximum Gasteiger partial charge on any atom is 0.222 e. The van der Waals surface area contributed by atoms with Crippen molar-refractivity contribution in [2.24, 2.45) is 0 Å². The van der Waals surface area contributed by atoms with Crippen LogP contribution in [0.2, 0.25) is 0 Å². The Morgan fingerprint density at radius 2 is 1.84 bits per heavy atom. The van der Waals surface area contributed by atoms with Crippen LogP contribution in [0.5, 0.6) is 0 Å². The first-order valence-electron chi connectivity index (χ1n) is 11.0. The summed E-state index contributed by atoms with van der Waals surface area (Å²) < 4.78 is 5.03. The van der Waals surface area contributed by atoms with E-state index in [0.717, 1.165) is 37.9 Å². The van der Waals surface area contributed by atoms with E-state index in [1.54, 1.807) is 19.5 Å². The second kappa shape index (κ2) is 9.08. The molecule has 2 aliphatic rings. The summed E-state index contributed by atoms with van der Waals surface area (Å²) in [4.78, 5) is 13.1. The monoisotopic (exact) mass is 426 g/mol. The highest BCUT2D eigenvalue weighted by molar-refractivity contribution is 5.47. The molecule has 1 spiro atoms. The Balaban J connectivity index is 1.44. The lowest BCUT2D eigenvalue weighted by molar-refractivity contribution is 0.0513. The standard InChI is InChI=1S/C23H34N6O2/c1-28(2)23(18-7-5-4-6-8-18)11-9-22(10-12-23)17-29(21(30)27-22)19-15-25-20(26-16-19)24-13-14-31-3/h4-8,15-16,21,27,30H,9-14,17H2,1-3H3,(H,24,25,26)/t21?,22-,23+. The van der Waals surface area contributed by atoms with Crippen LogP contribution in [0, 0.1) is 0 Å². The first-order valence-corrected chi connectivity index (χ1v) is 11.0. The first-order chi connectivity index (χ1) is 15.0. The Bertz CT molecular complexity index is 837. The van der Waals surface area contributed by atoms with Gasteiger partial charge in [-0.2, -0.15) is 0 Å². The highest BCUT2D eigenvalue weighted by atomic mass is 16.5. The molecule has 1 aromatic heterocycles. The van der Waals surface area contributed by atoms with E-state index in [4.69, 9.17) is 4.74 Å². The lowest BCUT2D eigenvalue weighted by Gasteiger charge is -2.49. The number of hydrogen-bond donors (Lipinski definition) is 3. The summed E-state index contributed by atoms with van der Waals surface area (Å²) in [7, 11) is 6.01. The topological polar surface area (TPSA) is 85.8 Å². The van der Waals surface area contributed by atoms with E-state index in [0.29, 0.717) is 19.1 Å². The number of rotatable bonds is 7. The van der Waals surface area contributed by atoms with Gasteiger partial charge in [-0.3, -0.25) is 10.2 Å². The Labute approximate surface area is 184 Å². The van der Waals surface area contributed by atoms with Gasteiger partial charge < -0.3 is 20.1 Å². The molecule has 8 heteroatoms. The number of ether oxygens (including phenoxy) is 1. The van der Waals surface area contributed by atoms with Gasteiger partial charge in [-0.05, 0) is 45.3 Å². The molecule has 0 bridgehead atoms. The molecule has 2 aromatic rings. The SMILES string of the molecule is COCCNc1ncc(N2C[C@]3(CC[C@](c4ccccc4)(N(C)C)CC3)NC2O)cn1. The number of aromatic nitrogens is 2. The summed E-state index contributed by atoms with van der Waals surface area (Å²) in [5, 5.41) is 17.4. The van der Waals surface area contributed by atoms with Crippen LogP contribution in [0.15, 0.2) is 42.7 Å². The van der Waals surface area contributed by atoms with E-state index < -0.39 is 6.35 Å². The zero-order chi connectivity index (χ0) is 21.9. The normalized spacial score (nSPS) is 28.4. The molecule has 2 fully saturated rings. The minimum atomic E-state index is -0.737. The van der Waals surface area contributed by atoms with E-state index >= 15 is 0 Å². The molecule has 8 nitrogen and oxygen atoms in total. The van der Waals surface area contributed by atoms with Gasteiger partial charge in [-0.1, -0.05) is 30.3 Å². The Hall–Kier alpha value is -2.26. The molecular formula is C23H34N6O2. The molecule has 31 heavy (non-hydrogen) atoms. The number of nitrogens with zero attached hydrogens (tertiary/aromatic N) is 4. The molecule has 1 aliphatic carbocycles. The highest BCUT2D eigenvalue weighted by Crippen LogP contribution is 2.46. The fourth-order valence-electron chi connectivity index (χ4n) is 5.06. The molecule has 168 valence electrons. The van der Waals surface area contributed by atoms with E-state index in [9.17, 15) is 5.11 Å². The number of hydrogen-bond acceptors (Lipinski definition) is 8. The molecule has 0 amide bonds. The average molecular weight is 427 g/mol. The van der Waals surface area contributed by atoms with Crippen molar-refractivity contribution in [2.75, 3.05) is 51.1 Å². The van der Waals surface area contributed by atoms with Crippen molar-refractivity contribution in [2.45, 2.75) is 43.1 Å². The molecule has 0 radical (unpaired) electrons. The van der Waals surface area contributed by atoms with Crippen LogP contribution in [0.1, 0.15) is 31.2 Å². The van der Waals surface area contributed by atoms with Crippen molar-refractivity contribution < 1.29 is 9.84 Å². The van der Waals surface area contributed by atoms with E-state index in [2.05, 4.69) is 69.9 Å². The predicted octanol–water partition coefficient (Wildman–Crippen LogP) is 1.99. The lowest BCUT2D eigenvalue weighted by Crippen LogP contribution is -2.54. The largest absolute Gasteiger partial charge is 0.383 e. The molecule has 1 saturated heterocycles. The number of anilines is 2. The molecule has 1 aromatic carbocycles. The zero-order valence-electron chi connectivity index (χ0n) is 18.7. The van der Waals surface area contributed by atoms with Crippen LogP contribution >= 0.6 is 0 Å². The minimum Gasteiger partial charge on any atom is -0.383 e. The molecule has 2 heterocycles. The van der Waals surface area contributed by atoms with Gasteiger partial charge in [0, 0.05) is 31.3 Å². The summed E-state index contributed by atoms with van der Waals surface area (Å²) >= 11 is 0. The Kier molecular flexibility index (Phi) is 6.43. The number of methoxy groups -OCH3 is 1. The van der Waals surface area contributed by atoms with Crippen molar-refractivity contribution in [3.05, 3.63) is 48.3 Å². The lowest BCUT2D eigenvalue weighted by atomic mass is 9.69. The first kappa shape index (κ1) is 22.0. The smallest absolute Gasteiger partial charge is 0.222 e. The number of aliphatic hydroxyl groups is 1. The quantitative estimate of drug-likeness (QED) is 0.580. The molecule has 1 atom stereocenters. The summed E-state index contributed by atoms with van der Waals surface area (Å²) in [5.74, 6) is 0.563. The van der Waals surface area contributed by atoms with Gasteiger partial charge in [0.2, 0.25) is 5.95 Å². The second-order valence-corrected chi connectivity index (χ2v) is 8.90. The van der Waals surface area contributed by atoms with Crippen molar-refractivity contribution >= 4 is 11.6 Å². The van der Waals surface area contributed by atoms with Crippen LogP contribution in [0.25, 0.3) is 0 Å². The Morgan fingerprint density at radius 1 is 1.16 bits per heavy atom. The summed E-state index contributed by atoms with van der Waals surface area (Å²) in [6.45, 7) is 1.99. The second-order valence-electron chi connectivity index (χ2n) is 8.90. The van der Waals surface area contributed by atoms with Gasteiger partial charge >= 0.3 is 0 Å². The third-order valence-electron chi connectivity index (χ3n) is 6.96. The summed E-state index contributed by atoms with van der Waals surface area (Å²) in [6.07, 6.45) is 6.86. The Morgan fingerprint density at radius 3 is 2.45 bits per heavy atom. The van der Waals surface area contributed by atoms with E-state index in [-0.39, 0.29) is 11.1 Å². The molecule has 1 unspecified atom stereocenters. The van der Waals surface area contributed by atoms with Gasteiger partial charge in [-0.15, -0.1) is 0 Å². The van der Waals surface area contributed by atoms with Gasteiger partial charge in [-0.25, -0.2) is 9.97 Å². The van der Waals surface area contributed by atoms with Gasteiger partial charge in [0.1, 0.15) is 0 Å². The van der Waals surface area contributed by atoms with Gasteiger partial charge in [0.05, 0.1) is 24.7 Å². The fourth-order valence-corrected chi connectivity index (χ4v) is 5.06. The third-order valence-corrected chi connectivity index (χ3v) is 6.96. The molecule has 4 rings (SSSR count). The average Bonchev–Trinajstić information content (AvgIpc) is 3.11. The van der Waals surface area contributed by atoms with E-state index in [1.165, 1.54) is 5.56 Å². The maximum absolute atomic E-state index is 10.8. The van der Waals surface area contributed by atoms with Crippen molar-refractivity contribution in [3.63, 3.8) is 0 Å². The van der Waals surface area contributed by atoms with Crippen LogP contribution in [0.3, 0.4) is 0 Å². The zero-order valence-corrected chi connectivity index (χ0v) is 18.7. The molecule has 3 N–H and O–H groups in total. The summed E-state index contributed by atoms with van der Waals surface area (Å²) in [5.41, 5.74) is 2.12. The highest BCUT2D eigenvalue weighted by Gasteiger charge is 2.50. The third kappa shape index (κ3) is 4.39. The van der Waals surface area contributed by atoms with Crippen LogP contribution < -0.4 is 15.5 Å². The van der Waals surface area contributed by atoms with E-state index in [1.807, 2.05) is 4.90 Å². The minimum absolute atomic E-state index is 0.0329. The van der Waals surface area contributed by atoms with Crippen LogP contribution in [-0.2, 0) is 10.3 Å². The molecular weight excluding hydrogens is 392 g/mol. The predicted molar refractivity (Wildman–Crippen MR) is 122 cm³/mol. The van der Waals surface area contributed by atoms with Crippen LogP contribution in [-0.4, -0.2) is 72.8 Å². The van der Waals surface area contributed by atoms with Crippen LogP contribution in [0.4, 0.5) is 11.6 Å². The van der Waals surface area contributed by atoms with Crippen molar-refractivity contribution in [1.82, 2.24) is 20.2 Å². The van der Waals surface area contributed by atoms with Gasteiger partial charge in [0.15, 0.2) is 6.35 Å². The van der Waals surface area contributed by atoms with Crippen molar-refractivity contribution in [3.8, 4) is 0 Å². The van der Waals surface area contributed by atoms with Gasteiger partial charge in [0.25, 0.3) is 0 Å².